The molecule has 5 heteroatoms. The van der Waals surface area contributed by atoms with Crippen LogP contribution < -0.4 is 5.73 Å². The fraction of sp³-hybridized carbons (Fsp3) is 0.333. The lowest BCUT2D eigenvalue weighted by atomic mass is 10.1. The number of rotatable bonds is 5. The van der Waals surface area contributed by atoms with Gasteiger partial charge in [-0.2, -0.15) is 0 Å². The third-order valence-corrected chi connectivity index (χ3v) is 2.22. The van der Waals surface area contributed by atoms with Gasteiger partial charge in [0.05, 0.1) is 12.2 Å². The number of hydrogen-bond acceptors (Lipinski definition) is 3. The average molecular weight is 239 g/mol. The van der Waals surface area contributed by atoms with Crippen LogP contribution in [0.25, 0.3) is 0 Å². The number of benzene rings is 1. The first-order valence-electron chi connectivity index (χ1n) is 5.22. The van der Waals surface area contributed by atoms with Crippen molar-refractivity contribution in [3.63, 3.8) is 0 Å². The van der Waals surface area contributed by atoms with Gasteiger partial charge in [-0.05, 0) is 31.0 Å². The largest absolute Gasteiger partial charge is 0.462 e. The number of amides is 1. The minimum Gasteiger partial charge on any atom is -0.462 e. The van der Waals surface area contributed by atoms with Crippen LogP contribution in [0, 0.1) is 12.7 Å². The molecule has 0 aliphatic carbocycles. The molecule has 0 radical (unpaired) electrons. The third kappa shape index (κ3) is 4.22. The number of halogens is 1. The molecule has 1 aromatic rings. The number of carbonyl (C=O) groups is 2. The maximum atomic E-state index is 12.9. The molecule has 0 heterocycles. The van der Waals surface area contributed by atoms with Crippen molar-refractivity contribution in [2.75, 3.05) is 6.61 Å². The Labute approximate surface area is 98.6 Å². The SMILES string of the molecule is Cc1ccc(F)cc1C(=O)OCCCC(N)=O. The summed E-state index contributed by atoms with van der Waals surface area (Å²) >= 11 is 0. The van der Waals surface area contributed by atoms with Crippen LogP contribution in [-0.4, -0.2) is 18.5 Å². The molecule has 17 heavy (non-hydrogen) atoms. The molecule has 1 amide bonds. The summed E-state index contributed by atoms with van der Waals surface area (Å²) in [6, 6.07) is 3.92. The summed E-state index contributed by atoms with van der Waals surface area (Å²) in [7, 11) is 0. The zero-order valence-corrected chi connectivity index (χ0v) is 9.53. The highest BCUT2D eigenvalue weighted by Gasteiger charge is 2.11. The number of carbonyl (C=O) groups excluding carboxylic acids is 2. The molecule has 0 unspecified atom stereocenters. The normalized spacial score (nSPS) is 10.0. The van der Waals surface area contributed by atoms with E-state index in [4.69, 9.17) is 10.5 Å². The van der Waals surface area contributed by atoms with Crippen LogP contribution in [0.4, 0.5) is 4.39 Å². The van der Waals surface area contributed by atoms with Crippen molar-refractivity contribution in [3.8, 4) is 0 Å². The molecular weight excluding hydrogens is 225 g/mol. The monoisotopic (exact) mass is 239 g/mol. The Morgan fingerprint density at radius 2 is 2.12 bits per heavy atom. The van der Waals surface area contributed by atoms with E-state index in [0.717, 1.165) is 6.07 Å². The van der Waals surface area contributed by atoms with Crippen LogP contribution in [0.2, 0.25) is 0 Å². The highest BCUT2D eigenvalue weighted by molar-refractivity contribution is 5.91. The molecule has 0 saturated heterocycles. The first kappa shape index (κ1) is 13.2. The van der Waals surface area contributed by atoms with Crippen molar-refractivity contribution in [1.82, 2.24) is 0 Å². The Morgan fingerprint density at radius 3 is 2.76 bits per heavy atom. The summed E-state index contributed by atoms with van der Waals surface area (Å²) in [6.45, 7) is 1.79. The standard InChI is InChI=1S/C12H14FNO3/c1-8-4-5-9(13)7-10(8)12(16)17-6-2-3-11(14)15/h4-5,7H,2-3,6H2,1H3,(H2,14,15). The molecule has 0 atom stereocenters. The van der Waals surface area contributed by atoms with Gasteiger partial charge < -0.3 is 10.5 Å². The molecule has 1 aromatic carbocycles. The second kappa shape index (κ2) is 5.98. The summed E-state index contributed by atoms with van der Waals surface area (Å²) in [5.41, 5.74) is 5.78. The van der Waals surface area contributed by atoms with Gasteiger partial charge in [0.2, 0.25) is 5.91 Å². The van der Waals surface area contributed by atoms with Crippen LogP contribution in [0.15, 0.2) is 18.2 Å². The highest BCUT2D eigenvalue weighted by atomic mass is 19.1. The third-order valence-electron chi connectivity index (χ3n) is 2.22. The Bertz CT molecular complexity index is 432. The lowest BCUT2D eigenvalue weighted by Gasteiger charge is -2.06. The predicted molar refractivity (Wildman–Crippen MR) is 59.8 cm³/mol. The van der Waals surface area contributed by atoms with Gasteiger partial charge in [0, 0.05) is 6.42 Å². The average Bonchev–Trinajstić information content (AvgIpc) is 2.27. The molecule has 0 aromatic heterocycles. The summed E-state index contributed by atoms with van der Waals surface area (Å²) < 4.78 is 17.8. The lowest BCUT2D eigenvalue weighted by Crippen LogP contribution is -2.13. The Balaban J connectivity index is 2.52. The first-order valence-corrected chi connectivity index (χ1v) is 5.22. The number of hydrogen-bond donors (Lipinski definition) is 1. The van der Waals surface area contributed by atoms with Gasteiger partial charge in [0.25, 0.3) is 0 Å². The summed E-state index contributed by atoms with van der Waals surface area (Å²) in [5.74, 6) is -1.52. The van der Waals surface area contributed by atoms with E-state index >= 15 is 0 Å². The molecule has 2 N–H and O–H groups in total. The quantitative estimate of drug-likeness (QED) is 0.626. The maximum Gasteiger partial charge on any atom is 0.338 e. The second-order valence-corrected chi connectivity index (χ2v) is 3.67. The van der Waals surface area contributed by atoms with Gasteiger partial charge in [-0.3, -0.25) is 4.79 Å². The fourth-order valence-corrected chi connectivity index (χ4v) is 1.30. The van der Waals surface area contributed by atoms with E-state index in [1.54, 1.807) is 6.92 Å². The van der Waals surface area contributed by atoms with Crippen molar-refractivity contribution in [1.29, 1.82) is 0 Å². The van der Waals surface area contributed by atoms with E-state index in [1.807, 2.05) is 0 Å². The molecule has 0 bridgehead atoms. The fourth-order valence-electron chi connectivity index (χ4n) is 1.30. The van der Waals surface area contributed by atoms with Crippen molar-refractivity contribution in [2.24, 2.45) is 5.73 Å². The van der Waals surface area contributed by atoms with Gasteiger partial charge in [-0.1, -0.05) is 6.07 Å². The van der Waals surface area contributed by atoms with Gasteiger partial charge in [-0.15, -0.1) is 0 Å². The van der Waals surface area contributed by atoms with E-state index < -0.39 is 17.7 Å². The Kier molecular flexibility index (Phi) is 4.63. The predicted octanol–water partition coefficient (Wildman–Crippen LogP) is 1.56. The number of ether oxygens (including phenoxy) is 1. The molecule has 0 aliphatic heterocycles. The number of aryl methyl sites for hydroxylation is 1. The van der Waals surface area contributed by atoms with Gasteiger partial charge >= 0.3 is 5.97 Å². The highest BCUT2D eigenvalue weighted by Crippen LogP contribution is 2.11. The summed E-state index contributed by atoms with van der Waals surface area (Å²) in [5, 5.41) is 0. The van der Waals surface area contributed by atoms with Crippen LogP contribution >= 0.6 is 0 Å². The lowest BCUT2D eigenvalue weighted by molar-refractivity contribution is -0.118. The van der Waals surface area contributed by atoms with Gasteiger partial charge in [-0.25, -0.2) is 9.18 Å². The van der Waals surface area contributed by atoms with E-state index in [-0.39, 0.29) is 18.6 Å². The first-order chi connectivity index (χ1) is 8.00. The van der Waals surface area contributed by atoms with Gasteiger partial charge in [0.1, 0.15) is 5.82 Å². The second-order valence-electron chi connectivity index (χ2n) is 3.67. The molecule has 0 saturated carbocycles. The molecule has 4 nitrogen and oxygen atoms in total. The van der Waals surface area contributed by atoms with Crippen molar-refractivity contribution in [2.45, 2.75) is 19.8 Å². The molecule has 92 valence electrons. The van der Waals surface area contributed by atoms with Crippen LogP contribution in [0.5, 0.6) is 0 Å². The smallest absolute Gasteiger partial charge is 0.338 e. The van der Waals surface area contributed by atoms with Crippen LogP contribution in [-0.2, 0) is 9.53 Å². The minimum atomic E-state index is -0.591. The molecule has 0 aliphatic rings. The Hall–Kier alpha value is -1.91. The van der Waals surface area contributed by atoms with Crippen LogP contribution in [0.1, 0.15) is 28.8 Å². The summed E-state index contributed by atoms with van der Waals surface area (Å²) in [4.78, 5) is 22.0. The molecule has 0 spiro atoms. The van der Waals surface area contributed by atoms with Crippen molar-refractivity contribution >= 4 is 11.9 Å². The topological polar surface area (TPSA) is 69.4 Å². The number of esters is 1. The van der Waals surface area contributed by atoms with E-state index in [1.165, 1.54) is 12.1 Å². The zero-order valence-electron chi connectivity index (χ0n) is 9.53. The Morgan fingerprint density at radius 1 is 1.41 bits per heavy atom. The summed E-state index contributed by atoms with van der Waals surface area (Å²) in [6.07, 6.45) is 0.533. The molecule has 1 rings (SSSR count). The molecular formula is C12H14FNO3. The molecule has 0 fully saturated rings. The minimum absolute atomic E-state index is 0.0950. The van der Waals surface area contributed by atoms with E-state index in [2.05, 4.69) is 0 Å². The van der Waals surface area contributed by atoms with Crippen LogP contribution in [0.3, 0.4) is 0 Å². The number of nitrogens with two attached hydrogens (primary N) is 1. The zero-order chi connectivity index (χ0) is 12.8. The van der Waals surface area contributed by atoms with Crippen molar-refractivity contribution in [3.05, 3.63) is 35.1 Å². The van der Waals surface area contributed by atoms with E-state index in [9.17, 15) is 14.0 Å². The maximum absolute atomic E-state index is 12.9. The number of primary amides is 1. The van der Waals surface area contributed by atoms with Crippen molar-refractivity contribution < 1.29 is 18.7 Å². The van der Waals surface area contributed by atoms with Gasteiger partial charge in [0.15, 0.2) is 0 Å². The van der Waals surface area contributed by atoms with E-state index in [0.29, 0.717) is 12.0 Å².